The van der Waals surface area contributed by atoms with Crippen molar-refractivity contribution in [2.75, 3.05) is 12.3 Å². The molecule has 1 saturated heterocycles. The first-order chi connectivity index (χ1) is 10.6. The molecule has 1 N–H and O–H groups in total. The van der Waals surface area contributed by atoms with Crippen LogP contribution in [0.3, 0.4) is 0 Å². The van der Waals surface area contributed by atoms with E-state index in [2.05, 4.69) is 9.97 Å². The van der Waals surface area contributed by atoms with E-state index < -0.39 is 12.0 Å². The fourth-order valence-electron chi connectivity index (χ4n) is 2.60. The third-order valence-electron chi connectivity index (χ3n) is 3.61. The quantitative estimate of drug-likeness (QED) is 0.680. The molecule has 2 aromatic rings. The van der Waals surface area contributed by atoms with Crippen molar-refractivity contribution >= 4 is 45.2 Å². The standard InChI is InChI=1S/C14H15N3O3S2/c1-8-5-9-12(15-7-16-13(9)22-8)21-6-11(18)17-4-2-3-10(17)14(19)20/h5,7,10H,2-4,6H2,1H3,(H,19,20). The molecule has 22 heavy (non-hydrogen) atoms. The minimum absolute atomic E-state index is 0.145. The molecule has 8 heteroatoms. The second-order valence-corrected chi connectivity index (χ2v) is 7.33. The molecule has 0 bridgehead atoms. The molecule has 6 nitrogen and oxygen atoms in total. The molecular formula is C14H15N3O3S2. The van der Waals surface area contributed by atoms with Crippen molar-refractivity contribution in [3.63, 3.8) is 0 Å². The number of aromatic nitrogens is 2. The summed E-state index contributed by atoms with van der Waals surface area (Å²) in [5.41, 5.74) is 0. The highest BCUT2D eigenvalue weighted by Crippen LogP contribution is 2.30. The number of amides is 1. The zero-order chi connectivity index (χ0) is 15.7. The number of fused-ring (bicyclic) bond motifs is 1. The molecule has 3 rings (SSSR count). The summed E-state index contributed by atoms with van der Waals surface area (Å²) in [4.78, 5) is 35.4. The molecule has 0 aliphatic carbocycles. The van der Waals surface area contributed by atoms with Crippen LogP contribution in [0.15, 0.2) is 17.4 Å². The lowest BCUT2D eigenvalue weighted by atomic mass is 10.2. The van der Waals surface area contributed by atoms with Crippen LogP contribution in [-0.2, 0) is 9.59 Å². The van der Waals surface area contributed by atoms with Crippen LogP contribution in [0.4, 0.5) is 0 Å². The van der Waals surface area contributed by atoms with Gasteiger partial charge in [-0.3, -0.25) is 4.79 Å². The van der Waals surface area contributed by atoms with Crippen LogP contribution >= 0.6 is 23.1 Å². The van der Waals surface area contributed by atoms with Gasteiger partial charge in [0.1, 0.15) is 22.2 Å². The second kappa shape index (κ2) is 6.21. The molecule has 1 aliphatic rings. The lowest BCUT2D eigenvalue weighted by molar-refractivity contribution is -0.147. The summed E-state index contributed by atoms with van der Waals surface area (Å²) in [6.07, 6.45) is 2.78. The summed E-state index contributed by atoms with van der Waals surface area (Å²) in [6, 6.07) is 1.34. The van der Waals surface area contributed by atoms with Crippen LogP contribution in [0.25, 0.3) is 10.2 Å². The van der Waals surface area contributed by atoms with Gasteiger partial charge in [0, 0.05) is 16.8 Å². The Balaban J connectivity index is 1.71. The Morgan fingerprint density at radius 1 is 1.50 bits per heavy atom. The molecule has 0 aromatic carbocycles. The first-order valence-electron chi connectivity index (χ1n) is 6.92. The van der Waals surface area contributed by atoms with Crippen molar-refractivity contribution < 1.29 is 14.7 Å². The molecule has 0 spiro atoms. The lowest BCUT2D eigenvalue weighted by Gasteiger charge is -2.21. The molecule has 3 heterocycles. The minimum Gasteiger partial charge on any atom is -0.480 e. The predicted molar refractivity (Wildman–Crippen MR) is 85.2 cm³/mol. The topological polar surface area (TPSA) is 83.4 Å². The fraction of sp³-hybridized carbons (Fsp3) is 0.429. The number of hydrogen-bond donors (Lipinski definition) is 1. The molecule has 1 atom stereocenters. The maximum atomic E-state index is 12.3. The van der Waals surface area contributed by atoms with Gasteiger partial charge in [0.15, 0.2) is 0 Å². The number of carbonyl (C=O) groups is 2. The van der Waals surface area contributed by atoms with Gasteiger partial charge in [0.2, 0.25) is 5.91 Å². The van der Waals surface area contributed by atoms with E-state index in [0.717, 1.165) is 26.5 Å². The first kappa shape index (κ1) is 15.2. The maximum Gasteiger partial charge on any atom is 0.326 e. The van der Waals surface area contributed by atoms with E-state index in [4.69, 9.17) is 5.11 Å². The van der Waals surface area contributed by atoms with Crippen LogP contribution in [0.5, 0.6) is 0 Å². The minimum atomic E-state index is -0.922. The van der Waals surface area contributed by atoms with Crippen molar-refractivity contribution in [1.82, 2.24) is 14.9 Å². The summed E-state index contributed by atoms with van der Waals surface area (Å²) in [7, 11) is 0. The maximum absolute atomic E-state index is 12.3. The van der Waals surface area contributed by atoms with Crippen LogP contribution in [0.2, 0.25) is 0 Å². The molecule has 0 radical (unpaired) electrons. The third-order valence-corrected chi connectivity index (χ3v) is 5.56. The van der Waals surface area contributed by atoms with Gasteiger partial charge in [-0.1, -0.05) is 11.8 Å². The second-order valence-electron chi connectivity index (χ2n) is 5.13. The Labute approximate surface area is 135 Å². The number of carboxylic acids is 1. The molecule has 1 aliphatic heterocycles. The fourth-order valence-corrected chi connectivity index (χ4v) is 4.37. The van der Waals surface area contributed by atoms with E-state index in [-0.39, 0.29) is 11.7 Å². The van der Waals surface area contributed by atoms with Gasteiger partial charge < -0.3 is 10.0 Å². The smallest absolute Gasteiger partial charge is 0.326 e. The predicted octanol–water partition coefficient (Wildman–Crippen LogP) is 2.17. The van der Waals surface area contributed by atoms with Crippen molar-refractivity contribution in [3.05, 3.63) is 17.3 Å². The van der Waals surface area contributed by atoms with E-state index in [1.54, 1.807) is 11.3 Å². The van der Waals surface area contributed by atoms with E-state index in [1.165, 1.54) is 23.0 Å². The van der Waals surface area contributed by atoms with Gasteiger partial charge in [-0.25, -0.2) is 14.8 Å². The molecule has 2 aromatic heterocycles. The van der Waals surface area contributed by atoms with Gasteiger partial charge in [-0.2, -0.15) is 0 Å². The van der Waals surface area contributed by atoms with Gasteiger partial charge in [0.25, 0.3) is 0 Å². The van der Waals surface area contributed by atoms with E-state index >= 15 is 0 Å². The molecule has 1 amide bonds. The summed E-state index contributed by atoms with van der Waals surface area (Å²) in [6.45, 7) is 2.53. The Hall–Kier alpha value is -1.67. The summed E-state index contributed by atoms with van der Waals surface area (Å²) < 4.78 is 0. The number of nitrogens with zero attached hydrogens (tertiary/aromatic N) is 3. The number of thioether (sulfide) groups is 1. The van der Waals surface area contributed by atoms with Crippen LogP contribution in [0, 0.1) is 6.92 Å². The molecule has 1 unspecified atom stereocenters. The molecule has 0 saturated carbocycles. The SMILES string of the molecule is Cc1cc2c(SCC(=O)N3CCCC3C(=O)O)ncnc2s1. The normalized spacial score (nSPS) is 18.0. The highest BCUT2D eigenvalue weighted by Gasteiger charge is 2.33. The number of carbonyl (C=O) groups excluding carboxylic acids is 1. The highest BCUT2D eigenvalue weighted by atomic mass is 32.2. The van der Waals surface area contributed by atoms with Gasteiger partial charge in [-0.15, -0.1) is 11.3 Å². The number of hydrogen-bond acceptors (Lipinski definition) is 6. The number of thiophene rings is 1. The van der Waals surface area contributed by atoms with Gasteiger partial charge in [0.05, 0.1) is 5.75 Å². The number of aliphatic carboxylic acids is 1. The van der Waals surface area contributed by atoms with Crippen molar-refractivity contribution in [3.8, 4) is 0 Å². The Kier molecular flexibility index (Phi) is 4.30. The largest absolute Gasteiger partial charge is 0.480 e. The molecule has 116 valence electrons. The average Bonchev–Trinajstić information content (AvgIpc) is 3.09. The van der Waals surface area contributed by atoms with Crippen molar-refractivity contribution in [2.24, 2.45) is 0 Å². The van der Waals surface area contributed by atoms with Crippen LogP contribution in [0.1, 0.15) is 17.7 Å². The highest BCUT2D eigenvalue weighted by molar-refractivity contribution is 8.00. The monoisotopic (exact) mass is 337 g/mol. The van der Waals surface area contributed by atoms with E-state index in [0.29, 0.717) is 13.0 Å². The van der Waals surface area contributed by atoms with Crippen molar-refractivity contribution in [1.29, 1.82) is 0 Å². The van der Waals surface area contributed by atoms with Crippen molar-refractivity contribution in [2.45, 2.75) is 30.8 Å². The molecule has 1 fully saturated rings. The lowest BCUT2D eigenvalue weighted by Crippen LogP contribution is -2.41. The zero-order valence-corrected chi connectivity index (χ0v) is 13.6. The number of rotatable bonds is 4. The van der Waals surface area contributed by atoms with E-state index in [9.17, 15) is 9.59 Å². The third kappa shape index (κ3) is 2.93. The summed E-state index contributed by atoms with van der Waals surface area (Å²) in [5, 5.41) is 10.9. The number of likely N-dealkylation sites (tertiary alicyclic amines) is 1. The van der Waals surface area contributed by atoms with Gasteiger partial charge >= 0.3 is 5.97 Å². The Morgan fingerprint density at radius 2 is 2.32 bits per heavy atom. The Morgan fingerprint density at radius 3 is 3.09 bits per heavy atom. The molecular weight excluding hydrogens is 322 g/mol. The first-order valence-corrected chi connectivity index (χ1v) is 8.72. The van der Waals surface area contributed by atoms with Gasteiger partial charge in [-0.05, 0) is 25.8 Å². The number of aryl methyl sites for hydroxylation is 1. The zero-order valence-electron chi connectivity index (χ0n) is 12.0. The average molecular weight is 337 g/mol. The summed E-state index contributed by atoms with van der Waals surface area (Å²) in [5.74, 6) is -0.868. The summed E-state index contributed by atoms with van der Waals surface area (Å²) >= 11 is 2.94. The number of carboxylic acid groups (broad SMARTS) is 1. The van der Waals surface area contributed by atoms with E-state index in [1.807, 2.05) is 13.0 Å². The van der Waals surface area contributed by atoms with Crippen LogP contribution in [-0.4, -0.2) is 50.2 Å². The Bertz CT molecular complexity index is 731. The van der Waals surface area contributed by atoms with Crippen LogP contribution < -0.4 is 0 Å².